The monoisotopic (exact) mass is 446 g/mol. The van der Waals surface area contributed by atoms with Crippen molar-refractivity contribution in [2.75, 3.05) is 11.1 Å². The van der Waals surface area contributed by atoms with Gasteiger partial charge < -0.3 is 9.73 Å². The van der Waals surface area contributed by atoms with E-state index in [4.69, 9.17) is 4.42 Å². The van der Waals surface area contributed by atoms with Crippen LogP contribution in [0.2, 0.25) is 0 Å². The summed E-state index contributed by atoms with van der Waals surface area (Å²) in [6, 6.07) is 12.6. The van der Waals surface area contributed by atoms with E-state index in [1.807, 2.05) is 18.2 Å². The Morgan fingerprint density at radius 1 is 1.25 bits per heavy atom. The predicted molar refractivity (Wildman–Crippen MR) is 123 cm³/mol. The molecule has 0 fully saturated rings. The van der Waals surface area contributed by atoms with Crippen molar-refractivity contribution in [1.29, 1.82) is 0 Å². The van der Waals surface area contributed by atoms with Gasteiger partial charge in [0.2, 0.25) is 11.7 Å². The van der Waals surface area contributed by atoms with Crippen LogP contribution in [0.15, 0.2) is 69.5 Å². The molecule has 0 spiro atoms. The van der Waals surface area contributed by atoms with Crippen molar-refractivity contribution in [2.45, 2.75) is 18.6 Å². The molecule has 0 unspecified atom stereocenters. The van der Waals surface area contributed by atoms with Crippen molar-refractivity contribution in [3.63, 3.8) is 0 Å². The highest BCUT2D eigenvalue weighted by molar-refractivity contribution is 7.99. The van der Waals surface area contributed by atoms with Gasteiger partial charge in [-0.15, -0.1) is 16.8 Å². The van der Waals surface area contributed by atoms with E-state index in [1.165, 1.54) is 16.3 Å². The van der Waals surface area contributed by atoms with Gasteiger partial charge in [0.25, 0.3) is 5.56 Å². The number of oxazole rings is 1. The Hall–Kier alpha value is -3.92. The number of amides is 1. The van der Waals surface area contributed by atoms with E-state index in [2.05, 4.69) is 27.1 Å². The molecule has 0 atom stereocenters. The molecule has 9 nitrogen and oxygen atoms in total. The first-order valence-corrected chi connectivity index (χ1v) is 10.8. The highest BCUT2D eigenvalue weighted by Crippen LogP contribution is 2.23. The number of para-hydroxylation sites is 1. The van der Waals surface area contributed by atoms with E-state index in [0.717, 1.165) is 5.52 Å². The third kappa shape index (κ3) is 3.44. The molecule has 3 aromatic heterocycles. The van der Waals surface area contributed by atoms with Crippen LogP contribution in [-0.2, 0) is 11.3 Å². The summed E-state index contributed by atoms with van der Waals surface area (Å²) in [6.45, 7) is 5.80. The lowest BCUT2D eigenvalue weighted by molar-refractivity contribution is -0.113. The van der Waals surface area contributed by atoms with Gasteiger partial charge >= 0.3 is 0 Å². The zero-order valence-corrected chi connectivity index (χ0v) is 17.9. The zero-order chi connectivity index (χ0) is 22.2. The minimum Gasteiger partial charge on any atom is -0.441 e. The van der Waals surface area contributed by atoms with Crippen molar-refractivity contribution in [2.24, 2.45) is 0 Å². The fourth-order valence-corrected chi connectivity index (χ4v) is 4.31. The third-order valence-corrected chi connectivity index (χ3v) is 5.83. The van der Waals surface area contributed by atoms with Crippen molar-refractivity contribution in [1.82, 2.24) is 24.1 Å². The number of benzene rings is 2. The molecule has 32 heavy (non-hydrogen) atoms. The molecule has 10 heteroatoms. The van der Waals surface area contributed by atoms with E-state index in [1.54, 1.807) is 41.7 Å². The van der Waals surface area contributed by atoms with Gasteiger partial charge in [-0.1, -0.05) is 30.0 Å². The molecule has 1 N–H and O–H groups in total. The minimum absolute atomic E-state index is 0.114. The number of anilines is 1. The van der Waals surface area contributed by atoms with Crippen molar-refractivity contribution in [3.8, 4) is 0 Å². The van der Waals surface area contributed by atoms with Crippen LogP contribution in [-0.4, -0.2) is 35.8 Å². The van der Waals surface area contributed by atoms with Gasteiger partial charge in [-0.3, -0.25) is 18.6 Å². The molecule has 2 aromatic carbocycles. The molecule has 3 heterocycles. The summed E-state index contributed by atoms with van der Waals surface area (Å²) in [6.07, 6.45) is 1.64. The summed E-state index contributed by atoms with van der Waals surface area (Å²) in [4.78, 5) is 29.7. The van der Waals surface area contributed by atoms with Crippen LogP contribution in [0, 0.1) is 6.92 Å². The fraction of sp³-hybridized carbons (Fsp3) is 0.136. The number of hydrogen-bond acceptors (Lipinski definition) is 7. The maximum atomic E-state index is 12.9. The van der Waals surface area contributed by atoms with Gasteiger partial charge in [0.15, 0.2) is 16.6 Å². The second kappa shape index (κ2) is 7.97. The van der Waals surface area contributed by atoms with Crippen LogP contribution in [0.25, 0.3) is 27.8 Å². The summed E-state index contributed by atoms with van der Waals surface area (Å²) in [5.74, 6) is 0.886. The number of thioether (sulfide) groups is 1. The smallest absolute Gasteiger partial charge is 0.263 e. The molecule has 0 aliphatic heterocycles. The second-order valence-corrected chi connectivity index (χ2v) is 8.03. The maximum absolute atomic E-state index is 12.9. The van der Waals surface area contributed by atoms with E-state index < -0.39 is 0 Å². The molecule has 1 amide bonds. The molecule has 0 saturated heterocycles. The van der Waals surface area contributed by atoms with Gasteiger partial charge in [-0.05, 0) is 24.3 Å². The molecule has 160 valence electrons. The molecule has 0 saturated carbocycles. The van der Waals surface area contributed by atoms with Crippen LogP contribution in [0.4, 0.5) is 5.69 Å². The molecular formula is C22H18N6O3S. The summed E-state index contributed by atoms with van der Waals surface area (Å²) in [7, 11) is 0. The number of allylic oxidation sites excluding steroid dienone is 1. The molecule has 0 radical (unpaired) electrons. The molecule has 5 aromatic rings. The predicted octanol–water partition coefficient (Wildman–Crippen LogP) is 3.41. The van der Waals surface area contributed by atoms with E-state index >= 15 is 0 Å². The van der Waals surface area contributed by atoms with Gasteiger partial charge in [-0.2, -0.15) is 0 Å². The Labute approximate surface area is 185 Å². The Kier molecular flexibility index (Phi) is 4.98. The minimum atomic E-state index is -0.203. The van der Waals surface area contributed by atoms with Crippen LogP contribution < -0.4 is 10.9 Å². The van der Waals surface area contributed by atoms with Crippen LogP contribution in [0.1, 0.15) is 5.89 Å². The molecule has 0 aliphatic rings. The van der Waals surface area contributed by atoms with E-state index in [-0.39, 0.29) is 17.2 Å². The van der Waals surface area contributed by atoms with Gasteiger partial charge in [0, 0.05) is 25.2 Å². The number of rotatable bonds is 6. The fourth-order valence-electron chi connectivity index (χ4n) is 3.57. The van der Waals surface area contributed by atoms with Crippen LogP contribution in [0.5, 0.6) is 0 Å². The number of carbonyl (C=O) groups excluding carboxylic acids is 1. The largest absolute Gasteiger partial charge is 0.441 e. The molecule has 5 rings (SSSR count). The Morgan fingerprint density at radius 2 is 2.09 bits per heavy atom. The van der Waals surface area contributed by atoms with Crippen molar-refractivity contribution >= 4 is 51.1 Å². The van der Waals surface area contributed by atoms with Crippen molar-refractivity contribution < 1.29 is 9.21 Å². The highest BCUT2D eigenvalue weighted by atomic mass is 32.2. The van der Waals surface area contributed by atoms with E-state index in [9.17, 15) is 9.59 Å². The zero-order valence-electron chi connectivity index (χ0n) is 17.1. The maximum Gasteiger partial charge on any atom is 0.263 e. The van der Waals surface area contributed by atoms with Gasteiger partial charge in [-0.25, -0.2) is 4.98 Å². The van der Waals surface area contributed by atoms with Crippen LogP contribution in [0.3, 0.4) is 0 Å². The Morgan fingerprint density at radius 3 is 2.94 bits per heavy atom. The van der Waals surface area contributed by atoms with Crippen molar-refractivity contribution in [3.05, 3.63) is 71.4 Å². The summed E-state index contributed by atoms with van der Waals surface area (Å²) in [5.41, 5.74) is 2.50. The lowest BCUT2D eigenvalue weighted by atomic mass is 10.2. The first-order valence-electron chi connectivity index (χ1n) is 9.82. The number of hydrogen-bond donors (Lipinski definition) is 1. The number of nitrogens with zero attached hydrogens (tertiary/aromatic N) is 5. The number of carbonyl (C=O) groups is 1. The molecule has 0 bridgehead atoms. The summed E-state index contributed by atoms with van der Waals surface area (Å²) >= 11 is 1.24. The number of aromatic nitrogens is 5. The number of nitrogens with one attached hydrogen (secondary N) is 1. The first-order chi connectivity index (χ1) is 15.5. The average Bonchev–Trinajstić information content (AvgIpc) is 3.37. The van der Waals surface area contributed by atoms with Gasteiger partial charge in [0.1, 0.15) is 5.52 Å². The third-order valence-electron chi connectivity index (χ3n) is 4.90. The highest BCUT2D eigenvalue weighted by Gasteiger charge is 2.17. The first kappa shape index (κ1) is 20.0. The number of fused-ring (bicyclic) bond motifs is 4. The Balaban J connectivity index is 1.43. The Bertz CT molecular complexity index is 1570. The van der Waals surface area contributed by atoms with Crippen LogP contribution >= 0.6 is 11.8 Å². The lowest BCUT2D eigenvalue weighted by Gasteiger charge is -2.09. The summed E-state index contributed by atoms with van der Waals surface area (Å²) in [5, 5.41) is 12.4. The number of aryl methyl sites for hydroxylation is 1. The molecular weight excluding hydrogens is 428 g/mol. The SMILES string of the molecule is C=CCn1c(=O)c2ccccc2n2c(SCC(=O)Nc3ccc4nc(C)oc4c3)nnc12. The normalized spacial score (nSPS) is 11.4. The average molecular weight is 446 g/mol. The van der Waals surface area contributed by atoms with Gasteiger partial charge in [0.05, 0.1) is 16.7 Å². The topological polar surface area (TPSA) is 107 Å². The summed E-state index contributed by atoms with van der Waals surface area (Å²) < 4.78 is 8.82. The second-order valence-electron chi connectivity index (χ2n) is 7.09. The molecule has 0 aliphatic carbocycles. The quantitative estimate of drug-likeness (QED) is 0.315. The van der Waals surface area contributed by atoms with E-state index in [0.29, 0.717) is 45.5 Å². The lowest BCUT2D eigenvalue weighted by Crippen LogP contribution is -2.22. The standard InChI is InChI=1S/C22H18N6O3S/c1-3-10-27-20(30)15-6-4-5-7-17(15)28-21(27)25-26-22(28)32-12-19(29)24-14-8-9-16-18(11-14)31-13(2)23-16/h3-9,11H,1,10,12H2,2H3,(H,24,29).